The lowest BCUT2D eigenvalue weighted by Gasteiger charge is -2.00. The molecule has 1 rings (SSSR count). The zero-order chi connectivity index (χ0) is 13.2. The first-order valence-corrected chi connectivity index (χ1v) is 5.38. The molecule has 5 nitrogen and oxygen atoms in total. The van der Waals surface area contributed by atoms with Crippen LogP contribution in [0.4, 0.5) is 0 Å². The van der Waals surface area contributed by atoms with Crippen molar-refractivity contribution < 1.29 is 19.4 Å². The van der Waals surface area contributed by atoms with E-state index >= 15 is 0 Å². The Hall–Kier alpha value is -1.83. The van der Waals surface area contributed by atoms with Gasteiger partial charge in [0.1, 0.15) is 11.6 Å². The van der Waals surface area contributed by atoms with Crippen LogP contribution in [0.3, 0.4) is 0 Å². The first-order chi connectivity index (χ1) is 7.86. The maximum absolute atomic E-state index is 11.4. The molecule has 5 heteroatoms. The normalized spacial score (nSPS) is 25.9. The first kappa shape index (κ1) is 13.2. The number of nitriles is 1. The topological polar surface area (TPSA) is 87.4 Å². The third-order valence-electron chi connectivity index (χ3n) is 3.14. The molecule has 0 aromatic rings. The molecule has 1 aliphatic rings. The maximum Gasteiger partial charge on any atom is 0.348 e. The van der Waals surface area contributed by atoms with E-state index in [-0.39, 0.29) is 18.1 Å². The summed E-state index contributed by atoms with van der Waals surface area (Å²) in [7, 11) is 0. The van der Waals surface area contributed by atoms with Gasteiger partial charge in [-0.1, -0.05) is 19.9 Å². The van der Waals surface area contributed by atoms with Gasteiger partial charge >= 0.3 is 11.9 Å². The highest BCUT2D eigenvalue weighted by Gasteiger charge is 2.61. The Morgan fingerprint density at radius 1 is 1.53 bits per heavy atom. The Kier molecular flexibility index (Phi) is 3.56. The molecule has 1 fully saturated rings. The Labute approximate surface area is 99.7 Å². The van der Waals surface area contributed by atoms with Crippen LogP contribution >= 0.6 is 0 Å². The van der Waals surface area contributed by atoms with Gasteiger partial charge in [-0.2, -0.15) is 5.26 Å². The summed E-state index contributed by atoms with van der Waals surface area (Å²) in [5, 5.41) is 17.8. The number of allylic oxidation sites excluding steroid dienone is 1. The molecule has 0 heterocycles. The summed E-state index contributed by atoms with van der Waals surface area (Å²) in [5.41, 5.74) is -0.533. The summed E-state index contributed by atoms with van der Waals surface area (Å²) in [6.45, 7) is 5.43. The minimum atomic E-state index is -0.905. The van der Waals surface area contributed by atoms with Gasteiger partial charge in [-0.05, 0) is 18.3 Å². The molecule has 0 spiro atoms. The van der Waals surface area contributed by atoms with Crippen LogP contribution in [0.15, 0.2) is 11.6 Å². The summed E-state index contributed by atoms with van der Waals surface area (Å²) < 4.78 is 4.71. The van der Waals surface area contributed by atoms with Gasteiger partial charge in [-0.3, -0.25) is 4.79 Å². The Bertz CT molecular complexity index is 417. The van der Waals surface area contributed by atoms with Crippen molar-refractivity contribution in [2.75, 3.05) is 6.61 Å². The lowest BCUT2D eigenvalue weighted by molar-refractivity contribution is -0.140. The number of nitrogens with zero attached hydrogens (tertiary/aromatic N) is 1. The van der Waals surface area contributed by atoms with Gasteiger partial charge in [-0.25, -0.2) is 4.79 Å². The van der Waals surface area contributed by atoms with Crippen molar-refractivity contribution in [3.05, 3.63) is 11.6 Å². The van der Waals surface area contributed by atoms with Gasteiger partial charge < -0.3 is 9.84 Å². The van der Waals surface area contributed by atoms with Crippen LogP contribution < -0.4 is 0 Å². The Balaban J connectivity index is 2.86. The monoisotopic (exact) mass is 237 g/mol. The fourth-order valence-corrected chi connectivity index (χ4v) is 2.00. The van der Waals surface area contributed by atoms with Crippen molar-refractivity contribution in [1.82, 2.24) is 0 Å². The van der Waals surface area contributed by atoms with Crippen molar-refractivity contribution >= 4 is 11.9 Å². The van der Waals surface area contributed by atoms with Gasteiger partial charge in [0.2, 0.25) is 0 Å². The number of esters is 1. The van der Waals surface area contributed by atoms with Crippen LogP contribution in [0.5, 0.6) is 0 Å². The van der Waals surface area contributed by atoms with E-state index in [9.17, 15) is 9.59 Å². The van der Waals surface area contributed by atoms with E-state index in [2.05, 4.69) is 0 Å². The van der Waals surface area contributed by atoms with E-state index in [0.29, 0.717) is 0 Å². The number of aliphatic carboxylic acids is 1. The number of hydrogen-bond acceptors (Lipinski definition) is 4. The van der Waals surface area contributed by atoms with Crippen molar-refractivity contribution in [1.29, 1.82) is 5.26 Å². The third-order valence-corrected chi connectivity index (χ3v) is 3.14. The molecular formula is C12H15NO4. The second-order valence-corrected chi connectivity index (χ2v) is 4.58. The highest BCUT2D eigenvalue weighted by molar-refractivity contribution is 5.93. The number of carboxylic acids is 1. The number of ether oxygens (including phenoxy) is 1. The Morgan fingerprint density at radius 2 is 2.12 bits per heavy atom. The summed E-state index contributed by atoms with van der Waals surface area (Å²) in [5.74, 6) is -2.43. The lowest BCUT2D eigenvalue weighted by Crippen LogP contribution is -2.07. The maximum atomic E-state index is 11.4. The number of carbonyl (C=O) groups is 2. The van der Waals surface area contributed by atoms with Crippen LogP contribution in [0.1, 0.15) is 20.8 Å². The average Bonchev–Trinajstić information content (AvgIpc) is 2.77. The van der Waals surface area contributed by atoms with E-state index in [4.69, 9.17) is 15.1 Å². The predicted molar refractivity (Wildman–Crippen MR) is 58.7 cm³/mol. The predicted octanol–water partition coefficient (Wildman–Crippen LogP) is 1.36. The van der Waals surface area contributed by atoms with Crippen molar-refractivity contribution in [3.63, 3.8) is 0 Å². The number of hydrogen-bond donors (Lipinski definition) is 1. The molecular weight excluding hydrogens is 222 g/mol. The first-order valence-electron chi connectivity index (χ1n) is 5.38. The highest BCUT2D eigenvalue weighted by Crippen LogP contribution is 2.59. The third kappa shape index (κ3) is 2.47. The molecule has 0 radical (unpaired) electrons. The van der Waals surface area contributed by atoms with Gasteiger partial charge in [0.15, 0.2) is 0 Å². The molecule has 0 unspecified atom stereocenters. The lowest BCUT2D eigenvalue weighted by atomic mass is 10.1. The van der Waals surface area contributed by atoms with Crippen LogP contribution in [-0.2, 0) is 14.3 Å². The fraction of sp³-hybridized carbons (Fsp3) is 0.583. The molecule has 1 aliphatic carbocycles. The smallest absolute Gasteiger partial charge is 0.348 e. The van der Waals surface area contributed by atoms with E-state index in [1.54, 1.807) is 26.8 Å². The molecule has 1 saturated carbocycles. The van der Waals surface area contributed by atoms with Gasteiger partial charge in [0.25, 0.3) is 0 Å². The van der Waals surface area contributed by atoms with Crippen LogP contribution in [0.2, 0.25) is 0 Å². The largest absolute Gasteiger partial charge is 0.481 e. The van der Waals surface area contributed by atoms with Crippen molar-refractivity contribution in [3.8, 4) is 6.07 Å². The quantitative estimate of drug-likeness (QED) is 0.453. The van der Waals surface area contributed by atoms with E-state index in [1.807, 2.05) is 0 Å². The molecule has 92 valence electrons. The summed E-state index contributed by atoms with van der Waals surface area (Å²) in [6, 6.07) is 1.75. The number of rotatable bonds is 4. The molecule has 0 aromatic carbocycles. The molecule has 2 atom stereocenters. The van der Waals surface area contributed by atoms with E-state index in [1.165, 1.54) is 6.08 Å². The minimum Gasteiger partial charge on any atom is -0.481 e. The van der Waals surface area contributed by atoms with E-state index in [0.717, 1.165) is 0 Å². The molecule has 1 N–H and O–H groups in total. The number of carbonyl (C=O) groups excluding carboxylic acids is 1. The second kappa shape index (κ2) is 4.58. The standard InChI is InChI=1S/C12H15NO4/c1-4-17-11(16)7(6-13)5-8-9(10(14)15)12(8,2)3/h5,8-9H,4H2,1-3H3,(H,14,15)/t8-,9+/m1/s1. The molecule has 0 aromatic heterocycles. The van der Waals surface area contributed by atoms with Gasteiger partial charge in [-0.15, -0.1) is 0 Å². The van der Waals surface area contributed by atoms with Crippen LogP contribution in [-0.4, -0.2) is 23.7 Å². The van der Waals surface area contributed by atoms with Gasteiger partial charge in [0.05, 0.1) is 12.5 Å². The van der Waals surface area contributed by atoms with Crippen molar-refractivity contribution in [2.45, 2.75) is 20.8 Å². The molecule has 17 heavy (non-hydrogen) atoms. The van der Waals surface area contributed by atoms with Crippen LogP contribution in [0, 0.1) is 28.6 Å². The second-order valence-electron chi connectivity index (χ2n) is 4.58. The van der Waals surface area contributed by atoms with Crippen LogP contribution in [0.25, 0.3) is 0 Å². The molecule has 0 saturated heterocycles. The fourth-order valence-electron chi connectivity index (χ4n) is 2.00. The Morgan fingerprint density at radius 3 is 2.47 bits per heavy atom. The molecule has 0 bridgehead atoms. The summed E-state index contributed by atoms with van der Waals surface area (Å²) in [6.07, 6.45) is 1.41. The average molecular weight is 237 g/mol. The summed E-state index contributed by atoms with van der Waals surface area (Å²) >= 11 is 0. The van der Waals surface area contributed by atoms with Gasteiger partial charge in [0, 0.05) is 0 Å². The van der Waals surface area contributed by atoms with Crippen molar-refractivity contribution in [2.24, 2.45) is 17.3 Å². The SMILES string of the molecule is CCOC(=O)C(C#N)=C[C@@H]1[C@@H](C(=O)O)C1(C)C. The molecule has 0 amide bonds. The highest BCUT2D eigenvalue weighted by atomic mass is 16.5. The zero-order valence-corrected chi connectivity index (χ0v) is 10.1. The van der Waals surface area contributed by atoms with E-state index < -0.39 is 23.3 Å². The number of carboxylic acid groups (broad SMARTS) is 1. The zero-order valence-electron chi connectivity index (χ0n) is 10.1. The molecule has 0 aliphatic heterocycles. The summed E-state index contributed by atoms with van der Waals surface area (Å²) in [4.78, 5) is 22.3. The minimum absolute atomic E-state index is 0.117.